The van der Waals surface area contributed by atoms with Gasteiger partial charge in [0.1, 0.15) is 0 Å². The van der Waals surface area contributed by atoms with Gasteiger partial charge in [-0.1, -0.05) is 33.6 Å². The van der Waals surface area contributed by atoms with E-state index in [1.165, 1.54) is 25.7 Å². The maximum Gasteiger partial charge on any atom is -0.0267 e. The Bertz CT molecular complexity index is 61.1. The minimum absolute atomic E-state index is 0.856. The molecule has 0 amide bonds. The Kier molecular flexibility index (Phi) is 6.43. The lowest BCUT2D eigenvalue weighted by molar-refractivity contribution is 0.487. The third-order valence-electron chi connectivity index (χ3n) is 2.25. The van der Waals surface area contributed by atoms with Gasteiger partial charge in [0.2, 0.25) is 0 Å². The molecule has 10 heavy (non-hydrogen) atoms. The van der Waals surface area contributed by atoms with E-state index in [1.54, 1.807) is 0 Å². The molecule has 62 valence electrons. The maximum absolute atomic E-state index is 2.92. The van der Waals surface area contributed by atoms with Gasteiger partial charge < -0.3 is 0 Å². The van der Waals surface area contributed by atoms with Crippen LogP contribution in [-0.4, -0.2) is 5.66 Å². The maximum atomic E-state index is 2.92. The Morgan fingerprint density at radius 2 is 1.70 bits per heavy atom. The van der Waals surface area contributed by atoms with Gasteiger partial charge in [-0.15, -0.1) is 9.24 Å². The second-order valence-electron chi connectivity index (χ2n) is 3.26. The van der Waals surface area contributed by atoms with Crippen LogP contribution in [0.4, 0.5) is 0 Å². The molecule has 0 spiro atoms. The molecule has 3 atom stereocenters. The van der Waals surface area contributed by atoms with E-state index in [9.17, 15) is 0 Å². The van der Waals surface area contributed by atoms with Crippen LogP contribution in [0.2, 0.25) is 0 Å². The minimum Gasteiger partial charge on any atom is -0.134 e. The first-order valence-corrected chi connectivity index (χ1v) is 5.12. The van der Waals surface area contributed by atoms with Crippen LogP contribution in [0.5, 0.6) is 0 Å². The Morgan fingerprint density at radius 1 is 1.10 bits per heavy atom. The van der Waals surface area contributed by atoms with E-state index in [-0.39, 0.29) is 0 Å². The third-order valence-corrected chi connectivity index (χ3v) is 3.06. The summed E-state index contributed by atoms with van der Waals surface area (Å²) in [5.74, 6) is 0.926. The first-order valence-electron chi connectivity index (χ1n) is 4.46. The van der Waals surface area contributed by atoms with Crippen molar-refractivity contribution < 1.29 is 0 Å². The van der Waals surface area contributed by atoms with Gasteiger partial charge in [0.25, 0.3) is 0 Å². The molecule has 0 aliphatic carbocycles. The van der Waals surface area contributed by atoms with Crippen LogP contribution < -0.4 is 0 Å². The molecule has 0 aromatic heterocycles. The standard InChI is InChI=1S/C9H21P/c1-4-8(3)6-7-9(10)5-2/h8-9H,4-7,10H2,1-3H3. The predicted octanol–water partition coefficient (Wildman–Crippen LogP) is 3.47. The fourth-order valence-corrected chi connectivity index (χ4v) is 1.10. The molecule has 0 aliphatic rings. The second-order valence-corrected chi connectivity index (χ2v) is 4.20. The number of hydrogen-bond donors (Lipinski definition) is 0. The molecule has 0 saturated carbocycles. The molecule has 0 aromatic rings. The average molecular weight is 160 g/mol. The van der Waals surface area contributed by atoms with Crippen LogP contribution in [0.3, 0.4) is 0 Å². The Hall–Kier alpha value is 0.430. The van der Waals surface area contributed by atoms with E-state index in [2.05, 4.69) is 30.0 Å². The lowest BCUT2D eigenvalue weighted by atomic mass is 10.0. The molecule has 0 rings (SSSR count). The van der Waals surface area contributed by atoms with Gasteiger partial charge in [-0.3, -0.25) is 0 Å². The van der Waals surface area contributed by atoms with Crippen molar-refractivity contribution in [3.05, 3.63) is 0 Å². The smallest absolute Gasteiger partial charge is 0.0267 e. The first-order chi connectivity index (χ1) is 4.70. The monoisotopic (exact) mass is 160 g/mol. The van der Waals surface area contributed by atoms with Crippen molar-refractivity contribution in [2.24, 2.45) is 5.92 Å². The summed E-state index contributed by atoms with van der Waals surface area (Å²) in [6.45, 7) is 6.87. The molecule has 0 N–H and O–H groups in total. The Labute approximate surface area is 68.0 Å². The fraction of sp³-hybridized carbons (Fsp3) is 1.00. The van der Waals surface area contributed by atoms with Gasteiger partial charge in [-0.2, -0.15) is 0 Å². The largest absolute Gasteiger partial charge is 0.134 e. The van der Waals surface area contributed by atoms with Crippen molar-refractivity contribution >= 4 is 9.24 Å². The van der Waals surface area contributed by atoms with Crippen LogP contribution in [0.1, 0.15) is 46.5 Å². The molecule has 0 bridgehead atoms. The zero-order chi connectivity index (χ0) is 7.98. The SMILES string of the molecule is CCC(C)CCC(P)CC. The van der Waals surface area contributed by atoms with E-state index in [4.69, 9.17) is 0 Å². The predicted molar refractivity (Wildman–Crippen MR) is 52.5 cm³/mol. The second kappa shape index (κ2) is 6.16. The van der Waals surface area contributed by atoms with E-state index in [0.717, 1.165) is 11.6 Å². The summed E-state index contributed by atoms with van der Waals surface area (Å²) < 4.78 is 0. The summed E-state index contributed by atoms with van der Waals surface area (Å²) >= 11 is 0. The van der Waals surface area contributed by atoms with Crippen LogP contribution in [0.25, 0.3) is 0 Å². The highest BCUT2D eigenvalue weighted by Gasteiger charge is 2.02. The summed E-state index contributed by atoms with van der Waals surface area (Å²) in [5, 5.41) is 0. The van der Waals surface area contributed by atoms with E-state index in [1.807, 2.05) is 0 Å². The van der Waals surface area contributed by atoms with Crippen LogP contribution in [-0.2, 0) is 0 Å². The van der Waals surface area contributed by atoms with Gasteiger partial charge in [0.15, 0.2) is 0 Å². The summed E-state index contributed by atoms with van der Waals surface area (Å²) in [6, 6.07) is 0. The molecule has 0 heterocycles. The van der Waals surface area contributed by atoms with Gasteiger partial charge in [0, 0.05) is 0 Å². The molecular weight excluding hydrogens is 139 g/mol. The lowest BCUT2D eigenvalue weighted by Crippen LogP contribution is -1.99. The topological polar surface area (TPSA) is 0 Å². The highest BCUT2D eigenvalue weighted by molar-refractivity contribution is 7.17. The number of rotatable bonds is 5. The highest BCUT2D eigenvalue weighted by atomic mass is 31.0. The normalized spacial score (nSPS) is 16.8. The van der Waals surface area contributed by atoms with Crippen molar-refractivity contribution in [2.45, 2.75) is 52.1 Å². The summed E-state index contributed by atoms with van der Waals surface area (Å²) in [5.41, 5.74) is 0.856. The molecule has 3 unspecified atom stereocenters. The highest BCUT2D eigenvalue weighted by Crippen LogP contribution is 2.17. The van der Waals surface area contributed by atoms with Crippen molar-refractivity contribution in [1.29, 1.82) is 0 Å². The van der Waals surface area contributed by atoms with Crippen molar-refractivity contribution in [1.82, 2.24) is 0 Å². The molecule has 0 saturated heterocycles. The van der Waals surface area contributed by atoms with Crippen LogP contribution in [0.15, 0.2) is 0 Å². The Balaban J connectivity index is 3.17. The van der Waals surface area contributed by atoms with Crippen molar-refractivity contribution in [3.63, 3.8) is 0 Å². The molecular formula is C9H21P. The summed E-state index contributed by atoms with van der Waals surface area (Å²) in [4.78, 5) is 0. The molecule has 0 aromatic carbocycles. The molecule has 1 heteroatoms. The molecule has 0 radical (unpaired) electrons. The zero-order valence-corrected chi connectivity index (χ0v) is 8.72. The third kappa shape index (κ3) is 5.23. The van der Waals surface area contributed by atoms with E-state index >= 15 is 0 Å². The van der Waals surface area contributed by atoms with Crippen molar-refractivity contribution in [3.8, 4) is 0 Å². The average Bonchev–Trinajstić information content (AvgIpc) is 1.99. The van der Waals surface area contributed by atoms with Gasteiger partial charge >= 0.3 is 0 Å². The first kappa shape index (κ1) is 10.4. The molecule has 0 aliphatic heterocycles. The minimum atomic E-state index is 0.856. The van der Waals surface area contributed by atoms with E-state index < -0.39 is 0 Å². The molecule has 0 fully saturated rings. The van der Waals surface area contributed by atoms with Crippen LogP contribution in [0, 0.1) is 5.92 Å². The fourth-order valence-electron chi connectivity index (χ4n) is 0.907. The van der Waals surface area contributed by atoms with Crippen molar-refractivity contribution in [2.75, 3.05) is 0 Å². The quantitative estimate of drug-likeness (QED) is 0.540. The summed E-state index contributed by atoms with van der Waals surface area (Å²) in [6.07, 6.45) is 5.43. The number of hydrogen-bond acceptors (Lipinski definition) is 0. The Morgan fingerprint density at radius 3 is 2.10 bits per heavy atom. The van der Waals surface area contributed by atoms with Gasteiger partial charge in [0.05, 0.1) is 0 Å². The lowest BCUT2D eigenvalue weighted by Gasteiger charge is -2.11. The zero-order valence-electron chi connectivity index (χ0n) is 7.56. The van der Waals surface area contributed by atoms with Crippen LogP contribution >= 0.6 is 9.24 Å². The molecule has 0 nitrogen and oxygen atoms in total. The van der Waals surface area contributed by atoms with Gasteiger partial charge in [-0.05, 0) is 24.4 Å². The van der Waals surface area contributed by atoms with Gasteiger partial charge in [-0.25, -0.2) is 0 Å². The van der Waals surface area contributed by atoms with E-state index in [0.29, 0.717) is 0 Å². The summed E-state index contributed by atoms with van der Waals surface area (Å²) in [7, 11) is 2.92.